The largest absolute Gasteiger partial charge is 0.391 e. The zero-order valence-corrected chi connectivity index (χ0v) is 12.4. The Hall–Kier alpha value is -2.24. The third-order valence-electron chi connectivity index (χ3n) is 2.99. The van der Waals surface area contributed by atoms with Crippen LogP contribution in [0.4, 0.5) is 11.6 Å². The number of thiophene rings is 1. The molecule has 0 amide bonds. The van der Waals surface area contributed by atoms with Crippen LogP contribution in [0.3, 0.4) is 0 Å². The van der Waals surface area contributed by atoms with E-state index in [-0.39, 0.29) is 6.61 Å². The zero-order valence-electron chi connectivity index (χ0n) is 11.6. The highest BCUT2D eigenvalue weighted by Gasteiger charge is 2.05. The summed E-state index contributed by atoms with van der Waals surface area (Å²) >= 11 is 1.55. The lowest BCUT2D eigenvalue weighted by Crippen LogP contribution is -1.96. The summed E-state index contributed by atoms with van der Waals surface area (Å²) in [6.07, 6.45) is 1.77. The number of nitrogens with one attached hydrogen (secondary N) is 1. The minimum Gasteiger partial charge on any atom is -0.391 e. The molecule has 2 N–H and O–H groups in total. The fourth-order valence-corrected chi connectivity index (χ4v) is 2.82. The highest BCUT2D eigenvalue weighted by atomic mass is 32.1. The number of hydrogen-bond donors (Lipinski definition) is 2. The van der Waals surface area contributed by atoms with Gasteiger partial charge in [-0.2, -0.15) is 0 Å². The van der Waals surface area contributed by atoms with Crippen molar-refractivity contribution in [1.29, 1.82) is 0 Å². The quantitative estimate of drug-likeness (QED) is 0.770. The van der Waals surface area contributed by atoms with Crippen LogP contribution in [0.15, 0.2) is 48.7 Å². The lowest BCUT2D eigenvalue weighted by molar-refractivity contribution is 0.285. The van der Waals surface area contributed by atoms with Gasteiger partial charge in [0.05, 0.1) is 17.2 Å². The second kappa shape index (κ2) is 6.03. The van der Waals surface area contributed by atoms with E-state index in [9.17, 15) is 0 Å². The van der Waals surface area contributed by atoms with E-state index in [0.29, 0.717) is 0 Å². The van der Waals surface area contributed by atoms with Gasteiger partial charge in [0.2, 0.25) is 0 Å². The van der Waals surface area contributed by atoms with Crippen LogP contribution in [0.5, 0.6) is 0 Å². The van der Waals surface area contributed by atoms with Crippen LogP contribution >= 0.6 is 11.3 Å². The fourth-order valence-electron chi connectivity index (χ4n) is 1.98. The van der Waals surface area contributed by atoms with Crippen LogP contribution in [0, 0.1) is 6.92 Å². The average Bonchev–Trinajstić information content (AvgIpc) is 2.96. The summed E-state index contributed by atoms with van der Waals surface area (Å²) in [6, 6.07) is 13.7. The molecule has 0 unspecified atom stereocenters. The first kappa shape index (κ1) is 13.7. The Balaban J connectivity index is 1.86. The number of aliphatic hydroxyl groups is 1. The van der Waals surface area contributed by atoms with Crippen molar-refractivity contribution in [3.05, 3.63) is 59.1 Å². The van der Waals surface area contributed by atoms with Crippen molar-refractivity contribution in [3.63, 3.8) is 0 Å². The highest BCUT2D eigenvalue weighted by molar-refractivity contribution is 7.15. The first-order chi connectivity index (χ1) is 10.2. The van der Waals surface area contributed by atoms with E-state index >= 15 is 0 Å². The van der Waals surface area contributed by atoms with Gasteiger partial charge < -0.3 is 10.4 Å². The smallest absolute Gasteiger partial charge is 0.132 e. The molecule has 0 aliphatic carbocycles. The first-order valence-electron chi connectivity index (χ1n) is 6.61. The van der Waals surface area contributed by atoms with E-state index in [1.165, 1.54) is 0 Å². The van der Waals surface area contributed by atoms with Crippen molar-refractivity contribution in [2.75, 3.05) is 5.32 Å². The molecule has 0 bridgehead atoms. The van der Waals surface area contributed by atoms with E-state index in [0.717, 1.165) is 32.6 Å². The predicted octanol–water partition coefficient (Wildman–Crippen LogP) is 3.75. The van der Waals surface area contributed by atoms with Crippen LogP contribution in [0.2, 0.25) is 0 Å². The van der Waals surface area contributed by atoms with E-state index in [1.54, 1.807) is 17.5 Å². The Morgan fingerprint density at radius 1 is 1.14 bits per heavy atom. The molecule has 0 atom stereocenters. The summed E-state index contributed by atoms with van der Waals surface area (Å²) < 4.78 is 0. The van der Waals surface area contributed by atoms with Gasteiger partial charge in [-0.3, -0.25) is 0 Å². The number of nitrogens with zero attached hydrogens (tertiary/aromatic N) is 2. The van der Waals surface area contributed by atoms with Gasteiger partial charge in [0.1, 0.15) is 11.6 Å². The summed E-state index contributed by atoms with van der Waals surface area (Å²) in [5.41, 5.74) is 2.03. The Morgan fingerprint density at radius 3 is 2.81 bits per heavy atom. The Morgan fingerprint density at radius 2 is 2.05 bits per heavy atom. The van der Waals surface area contributed by atoms with Crippen molar-refractivity contribution in [2.45, 2.75) is 13.5 Å². The van der Waals surface area contributed by atoms with Gasteiger partial charge in [-0.05, 0) is 48.9 Å². The molecular weight excluding hydrogens is 282 g/mol. The van der Waals surface area contributed by atoms with E-state index in [4.69, 9.17) is 5.11 Å². The second-order valence-corrected chi connectivity index (χ2v) is 5.84. The maximum absolute atomic E-state index is 9.14. The van der Waals surface area contributed by atoms with E-state index in [2.05, 4.69) is 15.3 Å². The molecule has 0 saturated heterocycles. The number of aromatic nitrogens is 2. The van der Waals surface area contributed by atoms with Gasteiger partial charge in [0.25, 0.3) is 0 Å². The lowest BCUT2D eigenvalue weighted by Gasteiger charge is -2.06. The number of aliphatic hydroxyl groups excluding tert-OH is 1. The van der Waals surface area contributed by atoms with E-state index in [1.807, 2.05) is 49.4 Å². The van der Waals surface area contributed by atoms with Gasteiger partial charge in [-0.25, -0.2) is 9.97 Å². The molecular formula is C16H15N3OS. The summed E-state index contributed by atoms with van der Waals surface area (Å²) in [5.74, 6) is 1.53. The number of rotatable bonds is 4. The molecule has 3 aromatic heterocycles. The molecule has 0 fully saturated rings. The van der Waals surface area contributed by atoms with Gasteiger partial charge in [-0.1, -0.05) is 6.07 Å². The summed E-state index contributed by atoms with van der Waals surface area (Å²) in [7, 11) is 0. The lowest BCUT2D eigenvalue weighted by atomic mass is 10.3. The molecule has 0 aliphatic heterocycles. The first-order valence-corrected chi connectivity index (χ1v) is 7.43. The SMILES string of the molecule is Cc1ccnc(Nc2cccc(-c3ccc(CO)s3)n2)c1. The Labute approximate surface area is 127 Å². The third kappa shape index (κ3) is 3.26. The summed E-state index contributed by atoms with van der Waals surface area (Å²) in [5, 5.41) is 12.4. The molecule has 106 valence electrons. The molecule has 4 nitrogen and oxygen atoms in total. The fraction of sp³-hybridized carbons (Fsp3) is 0.125. The van der Waals surface area contributed by atoms with Crippen LogP contribution in [-0.4, -0.2) is 15.1 Å². The second-order valence-electron chi connectivity index (χ2n) is 4.68. The molecule has 5 heteroatoms. The molecule has 3 rings (SSSR count). The standard InChI is InChI=1S/C16H15N3OS/c1-11-7-8-17-16(9-11)19-15-4-2-3-13(18-15)14-6-5-12(10-20)21-14/h2-9,20H,10H2,1H3,(H,17,18,19). The number of pyridine rings is 2. The molecule has 21 heavy (non-hydrogen) atoms. The monoisotopic (exact) mass is 297 g/mol. The van der Waals surface area contributed by atoms with Crippen molar-refractivity contribution in [3.8, 4) is 10.6 Å². The van der Waals surface area contributed by atoms with Gasteiger partial charge >= 0.3 is 0 Å². The van der Waals surface area contributed by atoms with Crippen molar-refractivity contribution < 1.29 is 5.11 Å². The average molecular weight is 297 g/mol. The van der Waals surface area contributed by atoms with Crippen LogP contribution in [-0.2, 0) is 6.61 Å². The molecule has 0 spiro atoms. The van der Waals surface area contributed by atoms with Crippen molar-refractivity contribution >= 4 is 23.0 Å². The molecule has 0 radical (unpaired) electrons. The van der Waals surface area contributed by atoms with Crippen LogP contribution < -0.4 is 5.32 Å². The van der Waals surface area contributed by atoms with Crippen molar-refractivity contribution in [2.24, 2.45) is 0 Å². The Kier molecular flexibility index (Phi) is 3.94. The van der Waals surface area contributed by atoms with E-state index < -0.39 is 0 Å². The maximum Gasteiger partial charge on any atom is 0.132 e. The zero-order chi connectivity index (χ0) is 14.7. The third-order valence-corrected chi connectivity index (χ3v) is 4.08. The summed E-state index contributed by atoms with van der Waals surface area (Å²) in [4.78, 5) is 10.8. The topological polar surface area (TPSA) is 58.0 Å². The molecule has 0 aliphatic rings. The maximum atomic E-state index is 9.14. The highest BCUT2D eigenvalue weighted by Crippen LogP contribution is 2.27. The van der Waals surface area contributed by atoms with Crippen LogP contribution in [0.1, 0.15) is 10.4 Å². The number of aryl methyl sites for hydroxylation is 1. The predicted molar refractivity (Wildman–Crippen MR) is 85.7 cm³/mol. The van der Waals surface area contributed by atoms with Crippen molar-refractivity contribution in [1.82, 2.24) is 9.97 Å². The molecule has 3 aromatic rings. The molecule has 0 saturated carbocycles. The number of hydrogen-bond acceptors (Lipinski definition) is 5. The summed E-state index contributed by atoms with van der Waals surface area (Å²) in [6.45, 7) is 2.09. The van der Waals surface area contributed by atoms with Crippen LogP contribution in [0.25, 0.3) is 10.6 Å². The minimum absolute atomic E-state index is 0.0653. The Bertz CT molecular complexity index is 755. The van der Waals surface area contributed by atoms with Gasteiger partial charge in [0.15, 0.2) is 0 Å². The van der Waals surface area contributed by atoms with Gasteiger partial charge in [0, 0.05) is 11.1 Å². The normalized spacial score (nSPS) is 10.6. The van der Waals surface area contributed by atoms with Gasteiger partial charge in [-0.15, -0.1) is 11.3 Å². The number of anilines is 2. The molecule has 3 heterocycles. The minimum atomic E-state index is 0.0653. The molecule has 0 aromatic carbocycles.